The average Bonchev–Trinajstić information content (AvgIpc) is 2.55. The number of hydrogen-bond donors (Lipinski definition) is 2. The highest BCUT2D eigenvalue weighted by atomic mass is 16.6. The number of primary amides is 1. The molecule has 0 heterocycles. The minimum atomic E-state index is -1.19. The minimum Gasteiger partial charge on any atom is -0.375 e. The maximum absolute atomic E-state index is 12.3. The van der Waals surface area contributed by atoms with Crippen molar-refractivity contribution in [3.8, 4) is 0 Å². The molecule has 4 N–H and O–H groups in total. The zero-order valence-electron chi connectivity index (χ0n) is 12.3. The number of carbonyl (C=O) groups excluding carboxylic acids is 3. The molecule has 0 spiro atoms. The summed E-state index contributed by atoms with van der Waals surface area (Å²) in [6.07, 6.45) is -1.01. The molecule has 0 saturated heterocycles. The van der Waals surface area contributed by atoms with Crippen molar-refractivity contribution in [1.29, 1.82) is 0 Å². The summed E-state index contributed by atoms with van der Waals surface area (Å²) in [7, 11) is 0. The molecule has 0 aliphatic heterocycles. The first-order valence-corrected chi connectivity index (χ1v) is 6.93. The molecule has 118 valence electrons. The normalized spacial score (nSPS) is 11.5. The number of benzene rings is 2. The molecule has 0 radical (unpaired) electrons. The molecule has 2 aromatic carbocycles. The zero-order chi connectivity index (χ0) is 16.8. The Balaban J connectivity index is 2.04. The summed E-state index contributed by atoms with van der Waals surface area (Å²) >= 11 is 0. The molecule has 0 fully saturated rings. The van der Waals surface area contributed by atoms with Crippen LogP contribution in [0.5, 0.6) is 0 Å². The first-order chi connectivity index (χ1) is 11.0. The highest BCUT2D eigenvalue weighted by Gasteiger charge is 2.18. The van der Waals surface area contributed by atoms with Gasteiger partial charge in [-0.3, -0.25) is 4.79 Å². The number of esters is 1. The quantitative estimate of drug-likeness (QED) is 0.492. The van der Waals surface area contributed by atoms with Crippen molar-refractivity contribution in [3.63, 3.8) is 0 Å². The fourth-order valence-electron chi connectivity index (χ4n) is 2.06. The van der Waals surface area contributed by atoms with Gasteiger partial charge in [-0.15, -0.1) is 0 Å². The number of rotatable bonds is 5. The summed E-state index contributed by atoms with van der Waals surface area (Å²) in [5, 5.41) is 0. The van der Waals surface area contributed by atoms with Crippen LogP contribution >= 0.6 is 0 Å². The summed E-state index contributed by atoms with van der Waals surface area (Å²) in [5.74, 6) is -0.975. The van der Waals surface area contributed by atoms with E-state index >= 15 is 0 Å². The molecule has 0 saturated carbocycles. The largest absolute Gasteiger partial charge is 0.412 e. The molecule has 2 aromatic rings. The van der Waals surface area contributed by atoms with Crippen LogP contribution in [0.2, 0.25) is 0 Å². The summed E-state index contributed by atoms with van der Waals surface area (Å²) in [5.41, 5.74) is 12.3. The molecular weight excluding hydrogens is 296 g/mol. The third kappa shape index (κ3) is 4.49. The van der Waals surface area contributed by atoms with Crippen molar-refractivity contribution in [1.82, 2.24) is 0 Å². The molecular formula is C17H16N2O4. The van der Waals surface area contributed by atoms with E-state index in [1.807, 2.05) is 6.07 Å². The van der Waals surface area contributed by atoms with Gasteiger partial charge in [0.25, 0.3) is 0 Å². The predicted molar refractivity (Wildman–Crippen MR) is 83.7 cm³/mol. The van der Waals surface area contributed by atoms with Crippen molar-refractivity contribution in [2.75, 3.05) is 0 Å². The van der Waals surface area contributed by atoms with E-state index in [0.29, 0.717) is 11.1 Å². The van der Waals surface area contributed by atoms with E-state index in [0.717, 1.165) is 5.56 Å². The second-order valence-corrected chi connectivity index (χ2v) is 4.94. The number of nitrogens with two attached hydrogens (primary N) is 2. The molecule has 0 aliphatic carbocycles. The van der Waals surface area contributed by atoms with E-state index in [9.17, 15) is 14.4 Å². The second kappa shape index (κ2) is 7.33. The molecule has 0 bridgehead atoms. The zero-order valence-corrected chi connectivity index (χ0v) is 12.3. The third-order valence-corrected chi connectivity index (χ3v) is 3.21. The van der Waals surface area contributed by atoms with Gasteiger partial charge in [0.15, 0.2) is 5.78 Å². The molecule has 6 heteroatoms. The first kappa shape index (κ1) is 16.4. The Labute approximate surface area is 133 Å². The van der Waals surface area contributed by atoms with Crippen LogP contribution in [0.4, 0.5) is 4.79 Å². The molecule has 0 aromatic heterocycles. The van der Waals surface area contributed by atoms with Gasteiger partial charge in [0.1, 0.15) is 6.04 Å². The van der Waals surface area contributed by atoms with Crippen LogP contribution in [0.25, 0.3) is 0 Å². The summed E-state index contributed by atoms with van der Waals surface area (Å²) in [6, 6.07) is 14.6. The number of ether oxygens (including phenoxy) is 1. The number of amides is 1. The Morgan fingerprint density at radius 2 is 1.48 bits per heavy atom. The summed E-state index contributed by atoms with van der Waals surface area (Å²) < 4.78 is 4.22. The van der Waals surface area contributed by atoms with Crippen LogP contribution in [-0.4, -0.2) is 23.9 Å². The van der Waals surface area contributed by atoms with Crippen LogP contribution in [0.1, 0.15) is 21.5 Å². The molecule has 23 heavy (non-hydrogen) atoms. The van der Waals surface area contributed by atoms with Gasteiger partial charge in [0, 0.05) is 11.1 Å². The fourth-order valence-corrected chi connectivity index (χ4v) is 2.06. The standard InChI is InChI=1S/C17H16N2O4/c18-14(16(21)23-17(19)22)10-11-6-8-13(9-7-11)15(20)12-4-2-1-3-5-12/h1-9,14H,10,18H2,(H2,19,22)/t14-/m0/s1. The molecule has 2 rings (SSSR count). The average molecular weight is 312 g/mol. The lowest BCUT2D eigenvalue weighted by molar-refractivity contribution is -0.138. The smallest absolute Gasteiger partial charge is 0.375 e. The van der Waals surface area contributed by atoms with Crippen LogP contribution in [0.3, 0.4) is 0 Å². The van der Waals surface area contributed by atoms with E-state index < -0.39 is 18.1 Å². The van der Waals surface area contributed by atoms with Gasteiger partial charge >= 0.3 is 12.1 Å². The lowest BCUT2D eigenvalue weighted by Gasteiger charge is -2.09. The summed E-state index contributed by atoms with van der Waals surface area (Å²) in [6.45, 7) is 0. The van der Waals surface area contributed by atoms with Crippen molar-refractivity contribution < 1.29 is 19.1 Å². The van der Waals surface area contributed by atoms with Gasteiger partial charge < -0.3 is 16.2 Å². The van der Waals surface area contributed by atoms with Gasteiger partial charge in [0.2, 0.25) is 0 Å². The second-order valence-electron chi connectivity index (χ2n) is 4.94. The van der Waals surface area contributed by atoms with Gasteiger partial charge in [-0.2, -0.15) is 0 Å². The van der Waals surface area contributed by atoms with Crippen LogP contribution in [0, 0.1) is 0 Å². The monoisotopic (exact) mass is 312 g/mol. The lowest BCUT2D eigenvalue weighted by Crippen LogP contribution is -2.36. The van der Waals surface area contributed by atoms with Crippen molar-refractivity contribution in [2.45, 2.75) is 12.5 Å². The van der Waals surface area contributed by atoms with Gasteiger partial charge in [0.05, 0.1) is 0 Å². The number of hydrogen-bond acceptors (Lipinski definition) is 5. The van der Waals surface area contributed by atoms with E-state index in [2.05, 4.69) is 4.74 Å². The van der Waals surface area contributed by atoms with E-state index in [4.69, 9.17) is 11.5 Å². The van der Waals surface area contributed by atoms with Crippen molar-refractivity contribution >= 4 is 17.8 Å². The Morgan fingerprint density at radius 3 is 2.04 bits per heavy atom. The topological polar surface area (TPSA) is 112 Å². The van der Waals surface area contributed by atoms with Crippen LogP contribution < -0.4 is 11.5 Å². The van der Waals surface area contributed by atoms with Crippen molar-refractivity contribution in [2.24, 2.45) is 11.5 Å². The molecule has 0 unspecified atom stereocenters. The first-order valence-electron chi connectivity index (χ1n) is 6.93. The molecule has 1 atom stereocenters. The highest BCUT2D eigenvalue weighted by molar-refractivity contribution is 6.08. The number of carbonyl (C=O) groups is 3. The highest BCUT2D eigenvalue weighted by Crippen LogP contribution is 2.12. The minimum absolute atomic E-state index is 0.0883. The maximum atomic E-state index is 12.3. The third-order valence-electron chi connectivity index (χ3n) is 3.21. The molecule has 0 aliphatic rings. The Hall–Kier alpha value is -2.99. The summed E-state index contributed by atoms with van der Waals surface area (Å²) in [4.78, 5) is 34.2. The van der Waals surface area contributed by atoms with E-state index in [1.54, 1.807) is 48.5 Å². The van der Waals surface area contributed by atoms with Crippen LogP contribution in [-0.2, 0) is 16.0 Å². The molecule has 6 nitrogen and oxygen atoms in total. The Bertz CT molecular complexity index is 711. The Morgan fingerprint density at radius 1 is 0.913 bits per heavy atom. The lowest BCUT2D eigenvalue weighted by atomic mass is 10.00. The van der Waals surface area contributed by atoms with Crippen LogP contribution in [0.15, 0.2) is 54.6 Å². The SMILES string of the molecule is NC(=O)OC(=O)[C@@H](N)Cc1ccc(C(=O)c2ccccc2)cc1. The maximum Gasteiger partial charge on any atom is 0.412 e. The van der Waals surface area contributed by atoms with E-state index in [-0.39, 0.29) is 12.2 Å². The van der Waals surface area contributed by atoms with Gasteiger partial charge in [-0.25, -0.2) is 9.59 Å². The van der Waals surface area contributed by atoms with Crippen molar-refractivity contribution in [3.05, 3.63) is 71.3 Å². The van der Waals surface area contributed by atoms with Gasteiger partial charge in [-0.05, 0) is 12.0 Å². The number of ketones is 1. The fraction of sp³-hybridized carbons (Fsp3) is 0.118. The van der Waals surface area contributed by atoms with E-state index in [1.165, 1.54) is 0 Å². The predicted octanol–water partition coefficient (Wildman–Crippen LogP) is 1.41. The Kier molecular flexibility index (Phi) is 5.22. The van der Waals surface area contributed by atoms with Gasteiger partial charge in [-0.1, -0.05) is 54.6 Å². The molecule has 1 amide bonds.